The summed E-state index contributed by atoms with van der Waals surface area (Å²) in [5, 5.41) is 13.9. The fourth-order valence-electron chi connectivity index (χ4n) is 4.58. The first-order valence-corrected chi connectivity index (χ1v) is 10.4. The average molecular weight is 402 g/mol. The lowest BCUT2D eigenvalue weighted by molar-refractivity contribution is -0.121. The van der Waals surface area contributed by atoms with Gasteiger partial charge in [0.05, 0.1) is 12.1 Å². The summed E-state index contributed by atoms with van der Waals surface area (Å²) in [5.74, 6) is -0.351. The number of aliphatic imine (C=N–C) groups is 1. The number of nitrogens with zero attached hydrogens (tertiary/aromatic N) is 2. The molecular weight excluding hydrogens is 370 g/mol. The van der Waals surface area contributed by atoms with Crippen LogP contribution < -0.4 is 21.7 Å². The van der Waals surface area contributed by atoms with E-state index in [0.717, 1.165) is 56.3 Å². The molecule has 158 valence electrons. The number of hydrogen-bond donors (Lipinski definition) is 4. The van der Waals surface area contributed by atoms with E-state index in [-0.39, 0.29) is 36.0 Å². The van der Waals surface area contributed by atoms with E-state index in [2.05, 4.69) is 15.2 Å². The van der Waals surface area contributed by atoms with Crippen LogP contribution >= 0.6 is 0 Å². The predicted molar refractivity (Wildman–Crippen MR) is 113 cm³/mol. The number of anilines is 1. The van der Waals surface area contributed by atoms with Gasteiger partial charge in [0, 0.05) is 24.8 Å². The average Bonchev–Trinajstić information content (AvgIpc) is 3.23. The molecule has 1 heterocycles. The van der Waals surface area contributed by atoms with E-state index in [1.165, 1.54) is 6.42 Å². The van der Waals surface area contributed by atoms with Gasteiger partial charge in [0.15, 0.2) is 0 Å². The zero-order valence-corrected chi connectivity index (χ0v) is 17.0. The van der Waals surface area contributed by atoms with Gasteiger partial charge < -0.3 is 26.8 Å². The first-order valence-electron chi connectivity index (χ1n) is 10.4. The predicted octanol–water partition coefficient (Wildman–Crippen LogP) is 1.35. The number of carbonyl (C=O) groups is 2. The Morgan fingerprint density at radius 2 is 1.93 bits per heavy atom. The molecule has 8 nitrogen and oxygen atoms in total. The molecule has 8 heteroatoms. The summed E-state index contributed by atoms with van der Waals surface area (Å²) in [7, 11) is 1.65. The van der Waals surface area contributed by atoms with Gasteiger partial charge in [-0.15, -0.1) is 0 Å². The molecule has 0 aromatic heterocycles. The Balaban J connectivity index is 2.08. The molecule has 0 unspecified atom stereocenters. The third-order valence-corrected chi connectivity index (χ3v) is 6.01. The van der Waals surface area contributed by atoms with Crippen molar-refractivity contribution in [1.29, 1.82) is 0 Å². The van der Waals surface area contributed by atoms with Crippen LogP contribution in [0.15, 0.2) is 17.1 Å². The van der Waals surface area contributed by atoms with Crippen molar-refractivity contribution in [2.24, 2.45) is 16.5 Å². The number of phenols is 1. The summed E-state index contributed by atoms with van der Waals surface area (Å²) in [4.78, 5) is 29.9. The lowest BCUT2D eigenvalue weighted by atomic mass is 9.81. The molecular formula is C21H31N5O3. The van der Waals surface area contributed by atoms with E-state index in [1.54, 1.807) is 13.1 Å². The molecule has 1 atom stereocenters. The maximum absolute atomic E-state index is 12.4. The second kappa shape index (κ2) is 9.26. The van der Waals surface area contributed by atoms with Crippen LogP contribution in [0, 0.1) is 0 Å². The van der Waals surface area contributed by atoms with E-state index in [1.807, 2.05) is 6.07 Å². The third kappa shape index (κ3) is 4.37. The zero-order valence-electron chi connectivity index (χ0n) is 17.0. The summed E-state index contributed by atoms with van der Waals surface area (Å²) < 4.78 is 0. The SMILES string of the molecule is CNC(=O)[C@@H]1CCCN1c1ccc(C(N)=NC(=O)CN)c(O)c1C1CCCCC1. The zero-order chi connectivity index (χ0) is 21.0. The monoisotopic (exact) mass is 401 g/mol. The summed E-state index contributed by atoms with van der Waals surface area (Å²) in [6.45, 7) is 0.516. The summed E-state index contributed by atoms with van der Waals surface area (Å²) >= 11 is 0. The number of benzene rings is 1. The highest BCUT2D eigenvalue weighted by Gasteiger charge is 2.34. The molecule has 2 aliphatic rings. The van der Waals surface area contributed by atoms with Crippen molar-refractivity contribution < 1.29 is 14.7 Å². The molecule has 3 rings (SSSR count). The van der Waals surface area contributed by atoms with Gasteiger partial charge in [0.2, 0.25) is 5.91 Å². The van der Waals surface area contributed by atoms with Crippen molar-refractivity contribution in [2.75, 3.05) is 25.0 Å². The maximum atomic E-state index is 12.4. The molecule has 2 amide bonds. The number of hydrogen-bond acceptors (Lipinski definition) is 5. The maximum Gasteiger partial charge on any atom is 0.261 e. The number of likely N-dealkylation sites (N-methyl/N-ethyl adjacent to an activating group) is 1. The molecule has 0 radical (unpaired) electrons. The van der Waals surface area contributed by atoms with E-state index >= 15 is 0 Å². The van der Waals surface area contributed by atoms with Gasteiger partial charge in [-0.2, -0.15) is 4.99 Å². The number of nitrogens with one attached hydrogen (secondary N) is 1. The Bertz CT molecular complexity index is 802. The molecule has 1 saturated carbocycles. The molecule has 6 N–H and O–H groups in total. The number of carbonyl (C=O) groups excluding carboxylic acids is 2. The molecule has 1 aliphatic carbocycles. The Hall–Kier alpha value is -2.61. The van der Waals surface area contributed by atoms with Crippen LogP contribution in [0.5, 0.6) is 5.75 Å². The fraction of sp³-hybridized carbons (Fsp3) is 0.571. The van der Waals surface area contributed by atoms with Crippen LogP contribution in [0.2, 0.25) is 0 Å². The fourth-order valence-corrected chi connectivity index (χ4v) is 4.58. The van der Waals surface area contributed by atoms with E-state index in [9.17, 15) is 14.7 Å². The topological polar surface area (TPSA) is 134 Å². The van der Waals surface area contributed by atoms with Crippen molar-refractivity contribution in [3.8, 4) is 5.75 Å². The van der Waals surface area contributed by atoms with Crippen molar-refractivity contribution in [3.05, 3.63) is 23.3 Å². The van der Waals surface area contributed by atoms with Crippen LogP contribution in [-0.4, -0.2) is 48.9 Å². The van der Waals surface area contributed by atoms with Gasteiger partial charge in [0.25, 0.3) is 5.91 Å². The van der Waals surface area contributed by atoms with Crippen molar-refractivity contribution >= 4 is 23.3 Å². The molecule has 29 heavy (non-hydrogen) atoms. The number of aromatic hydroxyl groups is 1. The van der Waals surface area contributed by atoms with Gasteiger partial charge in [-0.05, 0) is 43.7 Å². The largest absolute Gasteiger partial charge is 0.507 e. The highest BCUT2D eigenvalue weighted by atomic mass is 16.3. The van der Waals surface area contributed by atoms with Crippen LogP contribution in [-0.2, 0) is 9.59 Å². The van der Waals surface area contributed by atoms with Gasteiger partial charge in [-0.1, -0.05) is 19.3 Å². The number of amides is 2. The first kappa shape index (κ1) is 21.1. The van der Waals surface area contributed by atoms with E-state index in [0.29, 0.717) is 5.56 Å². The number of amidine groups is 1. The van der Waals surface area contributed by atoms with Crippen LogP contribution in [0.25, 0.3) is 0 Å². The van der Waals surface area contributed by atoms with Gasteiger partial charge >= 0.3 is 0 Å². The Kier molecular flexibility index (Phi) is 6.74. The first-order chi connectivity index (χ1) is 14.0. The number of phenolic OH excluding ortho intramolecular Hbond substituents is 1. The summed E-state index contributed by atoms with van der Waals surface area (Å²) in [5.41, 5.74) is 13.4. The number of rotatable bonds is 5. The van der Waals surface area contributed by atoms with Crippen molar-refractivity contribution in [2.45, 2.75) is 56.9 Å². The van der Waals surface area contributed by atoms with Crippen LogP contribution in [0.3, 0.4) is 0 Å². The quantitative estimate of drug-likeness (QED) is 0.435. The third-order valence-electron chi connectivity index (χ3n) is 6.01. The van der Waals surface area contributed by atoms with Gasteiger partial charge in [-0.25, -0.2) is 0 Å². The lowest BCUT2D eigenvalue weighted by Crippen LogP contribution is -2.42. The second-order valence-corrected chi connectivity index (χ2v) is 7.79. The summed E-state index contributed by atoms with van der Waals surface area (Å²) in [6, 6.07) is 3.33. The molecule has 1 saturated heterocycles. The Morgan fingerprint density at radius 1 is 1.21 bits per heavy atom. The standard InChI is InChI=1S/C21H31N5O3/c1-24-21(29)16-8-5-11-26(16)15-10-9-14(20(23)25-17(27)12-22)19(28)18(15)13-6-3-2-4-7-13/h9-10,13,16,28H,2-8,11-12,22H2,1H3,(H,24,29)(H2,23,25,27)/t16-/m0/s1. The minimum Gasteiger partial charge on any atom is -0.507 e. The van der Waals surface area contributed by atoms with Crippen molar-refractivity contribution in [3.63, 3.8) is 0 Å². The number of nitrogens with two attached hydrogens (primary N) is 2. The molecule has 1 aromatic rings. The van der Waals surface area contributed by atoms with E-state index in [4.69, 9.17) is 11.5 Å². The highest BCUT2D eigenvalue weighted by Crippen LogP contribution is 2.45. The lowest BCUT2D eigenvalue weighted by Gasteiger charge is -2.32. The molecule has 0 bridgehead atoms. The molecule has 2 fully saturated rings. The van der Waals surface area contributed by atoms with Crippen LogP contribution in [0.4, 0.5) is 5.69 Å². The summed E-state index contributed by atoms with van der Waals surface area (Å²) in [6.07, 6.45) is 7.03. The minimum absolute atomic E-state index is 0.0183. The Labute approximate surface area is 171 Å². The second-order valence-electron chi connectivity index (χ2n) is 7.79. The van der Waals surface area contributed by atoms with Gasteiger partial charge in [0.1, 0.15) is 17.6 Å². The van der Waals surface area contributed by atoms with Crippen LogP contribution in [0.1, 0.15) is 62.0 Å². The molecule has 1 aromatic carbocycles. The smallest absolute Gasteiger partial charge is 0.261 e. The highest BCUT2D eigenvalue weighted by molar-refractivity contribution is 6.06. The molecule has 1 aliphatic heterocycles. The van der Waals surface area contributed by atoms with Crippen molar-refractivity contribution in [1.82, 2.24) is 5.32 Å². The van der Waals surface area contributed by atoms with Gasteiger partial charge in [-0.3, -0.25) is 9.59 Å². The Morgan fingerprint density at radius 3 is 2.59 bits per heavy atom. The molecule has 0 spiro atoms. The normalized spacial score (nSPS) is 20.7. The van der Waals surface area contributed by atoms with E-state index < -0.39 is 5.91 Å². The minimum atomic E-state index is -0.538.